The summed E-state index contributed by atoms with van der Waals surface area (Å²) < 4.78 is 0. The molecule has 4 heteroatoms. The highest BCUT2D eigenvalue weighted by atomic mass is 16.2. The zero-order valence-electron chi connectivity index (χ0n) is 9.62. The van der Waals surface area contributed by atoms with Crippen LogP contribution in [0.4, 0.5) is 4.79 Å². The second kappa shape index (κ2) is 4.39. The molecule has 2 fully saturated rings. The zero-order valence-corrected chi connectivity index (χ0v) is 9.62. The summed E-state index contributed by atoms with van der Waals surface area (Å²) in [4.78, 5) is 13.7. The molecule has 0 spiro atoms. The molecule has 0 aromatic rings. The summed E-state index contributed by atoms with van der Waals surface area (Å²) in [5, 5.41) is 6.45. The lowest BCUT2D eigenvalue weighted by Gasteiger charge is -2.42. The molecule has 2 N–H and O–H groups in total. The van der Waals surface area contributed by atoms with Crippen LogP contribution in [0, 0.1) is 0 Å². The summed E-state index contributed by atoms with van der Waals surface area (Å²) in [5.74, 6) is 0. The number of nitrogens with zero attached hydrogens (tertiary/aromatic N) is 1. The summed E-state index contributed by atoms with van der Waals surface area (Å²) in [6, 6.07) is 1.50. The van der Waals surface area contributed by atoms with Crippen molar-refractivity contribution >= 4 is 6.03 Å². The van der Waals surface area contributed by atoms with E-state index in [1.54, 1.807) is 0 Å². The van der Waals surface area contributed by atoms with E-state index in [2.05, 4.69) is 24.5 Å². The Morgan fingerprint density at radius 2 is 2.13 bits per heavy atom. The SMILES string of the molecule is CC1CCC(N2CCCNC2=O)C(C)N1. The highest BCUT2D eigenvalue weighted by Gasteiger charge is 2.33. The van der Waals surface area contributed by atoms with E-state index < -0.39 is 0 Å². The van der Waals surface area contributed by atoms with Gasteiger partial charge in [0, 0.05) is 31.2 Å². The number of amides is 2. The van der Waals surface area contributed by atoms with Crippen molar-refractivity contribution in [1.82, 2.24) is 15.5 Å². The summed E-state index contributed by atoms with van der Waals surface area (Å²) in [6.45, 7) is 6.14. The molecular weight excluding hydrogens is 190 g/mol. The molecule has 4 nitrogen and oxygen atoms in total. The molecule has 0 aromatic carbocycles. The number of carbonyl (C=O) groups is 1. The fourth-order valence-corrected chi connectivity index (χ4v) is 2.70. The predicted octanol–water partition coefficient (Wildman–Crippen LogP) is 0.931. The van der Waals surface area contributed by atoms with E-state index in [0.717, 1.165) is 25.9 Å². The van der Waals surface area contributed by atoms with Gasteiger partial charge < -0.3 is 15.5 Å². The van der Waals surface area contributed by atoms with E-state index in [9.17, 15) is 4.79 Å². The Kier molecular flexibility index (Phi) is 3.14. The number of nitrogens with one attached hydrogen (secondary N) is 2. The zero-order chi connectivity index (χ0) is 10.8. The first-order valence-corrected chi connectivity index (χ1v) is 5.99. The normalized spacial score (nSPS) is 37.6. The minimum Gasteiger partial charge on any atom is -0.338 e. The van der Waals surface area contributed by atoms with E-state index in [0.29, 0.717) is 18.1 Å². The van der Waals surface area contributed by atoms with Gasteiger partial charge in [0.05, 0.1) is 0 Å². The number of rotatable bonds is 1. The van der Waals surface area contributed by atoms with Gasteiger partial charge in [-0.15, -0.1) is 0 Å². The summed E-state index contributed by atoms with van der Waals surface area (Å²) in [7, 11) is 0. The highest BCUT2D eigenvalue weighted by molar-refractivity contribution is 5.75. The monoisotopic (exact) mass is 211 g/mol. The molecule has 86 valence electrons. The smallest absolute Gasteiger partial charge is 0.317 e. The summed E-state index contributed by atoms with van der Waals surface area (Å²) in [6.07, 6.45) is 3.37. The van der Waals surface area contributed by atoms with Crippen molar-refractivity contribution in [3.63, 3.8) is 0 Å². The molecule has 0 bridgehead atoms. The molecule has 2 aliphatic rings. The van der Waals surface area contributed by atoms with E-state index >= 15 is 0 Å². The van der Waals surface area contributed by atoms with Gasteiger partial charge in [-0.1, -0.05) is 0 Å². The van der Waals surface area contributed by atoms with E-state index in [1.165, 1.54) is 6.42 Å². The summed E-state index contributed by atoms with van der Waals surface area (Å²) >= 11 is 0. The molecule has 0 aliphatic carbocycles. The molecule has 0 radical (unpaired) electrons. The van der Waals surface area contributed by atoms with Gasteiger partial charge in [-0.2, -0.15) is 0 Å². The molecule has 3 unspecified atom stereocenters. The molecule has 0 saturated carbocycles. The Balaban J connectivity index is 1.99. The van der Waals surface area contributed by atoms with Crippen molar-refractivity contribution in [2.24, 2.45) is 0 Å². The van der Waals surface area contributed by atoms with Gasteiger partial charge >= 0.3 is 6.03 Å². The second-order valence-corrected chi connectivity index (χ2v) is 4.78. The van der Waals surface area contributed by atoms with Crippen LogP contribution in [0.5, 0.6) is 0 Å². The molecule has 15 heavy (non-hydrogen) atoms. The van der Waals surface area contributed by atoms with Gasteiger partial charge in [-0.05, 0) is 33.1 Å². The Labute approximate surface area is 91.4 Å². The van der Waals surface area contributed by atoms with E-state index in [1.807, 2.05) is 4.90 Å². The molecule has 2 aliphatic heterocycles. The number of hydrogen-bond acceptors (Lipinski definition) is 2. The van der Waals surface area contributed by atoms with Crippen molar-refractivity contribution in [2.45, 2.75) is 51.2 Å². The molecule has 2 heterocycles. The maximum atomic E-state index is 11.7. The Bertz CT molecular complexity index is 244. The maximum absolute atomic E-state index is 11.7. The van der Waals surface area contributed by atoms with Gasteiger partial charge in [0.15, 0.2) is 0 Å². The Morgan fingerprint density at radius 3 is 2.80 bits per heavy atom. The third-order valence-corrected chi connectivity index (χ3v) is 3.53. The van der Waals surface area contributed by atoms with Gasteiger partial charge in [0.25, 0.3) is 0 Å². The van der Waals surface area contributed by atoms with Crippen LogP contribution >= 0.6 is 0 Å². The molecule has 2 saturated heterocycles. The van der Waals surface area contributed by atoms with Crippen LogP contribution in [0.1, 0.15) is 33.1 Å². The van der Waals surface area contributed by atoms with E-state index in [-0.39, 0.29) is 6.03 Å². The van der Waals surface area contributed by atoms with Gasteiger partial charge in [0.2, 0.25) is 0 Å². The first-order chi connectivity index (χ1) is 7.18. The average Bonchev–Trinajstić information content (AvgIpc) is 2.20. The third-order valence-electron chi connectivity index (χ3n) is 3.53. The van der Waals surface area contributed by atoms with Crippen LogP contribution < -0.4 is 10.6 Å². The lowest BCUT2D eigenvalue weighted by Crippen LogP contribution is -2.60. The molecule has 0 aromatic heterocycles. The quantitative estimate of drug-likeness (QED) is 0.677. The molecule has 2 amide bonds. The summed E-state index contributed by atoms with van der Waals surface area (Å²) in [5.41, 5.74) is 0. The Morgan fingerprint density at radius 1 is 1.33 bits per heavy atom. The standard InChI is InChI=1S/C11H21N3O/c1-8-4-5-10(9(2)13-8)14-7-3-6-12-11(14)15/h8-10,13H,3-7H2,1-2H3,(H,12,15). The van der Waals surface area contributed by atoms with Crippen LogP contribution in [0.3, 0.4) is 0 Å². The number of urea groups is 1. The fraction of sp³-hybridized carbons (Fsp3) is 0.909. The fourth-order valence-electron chi connectivity index (χ4n) is 2.70. The van der Waals surface area contributed by atoms with Crippen molar-refractivity contribution in [1.29, 1.82) is 0 Å². The third kappa shape index (κ3) is 2.25. The number of piperidine rings is 1. The van der Waals surface area contributed by atoms with Crippen LogP contribution in [0.2, 0.25) is 0 Å². The topological polar surface area (TPSA) is 44.4 Å². The predicted molar refractivity (Wildman–Crippen MR) is 59.8 cm³/mol. The molecular formula is C11H21N3O. The number of carbonyl (C=O) groups excluding carboxylic acids is 1. The minimum atomic E-state index is 0.120. The Hall–Kier alpha value is -0.770. The first kappa shape index (κ1) is 10.7. The van der Waals surface area contributed by atoms with Crippen molar-refractivity contribution < 1.29 is 4.79 Å². The van der Waals surface area contributed by atoms with E-state index in [4.69, 9.17) is 0 Å². The van der Waals surface area contributed by atoms with Gasteiger partial charge in [-0.3, -0.25) is 0 Å². The first-order valence-electron chi connectivity index (χ1n) is 5.99. The lowest BCUT2D eigenvalue weighted by molar-refractivity contribution is 0.121. The van der Waals surface area contributed by atoms with Gasteiger partial charge in [-0.25, -0.2) is 4.79 Å². The number of hydrogen-bond donors (Lipinski definition) is 2. The van der Waals surface area contributed by atoms with Crippen LogP contribution in [-0.4, -0.2) is 42.1 Å². The van der Waals surface area contributed by atoms with Crippen molar-refractivity contribution in [3.05, 3.63) is 0 Å². The lowest BCUT2D eigenvalue weighted by atomic mass is 9.93. The van der Waals surface area contributed by atoms with Crippen molar-refractivity contribution in [2.75, 3.05) is 13.1 Å². The second-order valence-electron chi connectivity index (χ2n) is 4.78. The maximum Gasteiger partial charge on any atom is 0.317 e. The largest absolute Gasteiger partial charge is 0.338 e. The average molecular weight is 211 g/mol. The van der Waals surface area contributed by atoms with Crippen molar-refractivity contribution in [3.8, 4) is 0 Å². The highest BCUT2D eigenvalue weighted by Crippen LogP contribution is 2.20. The molecule has 2 rings (SSSR count). The van der Waals surface area contributed by atoms with Crippen LogP contribution in [0.15, 0.2) is 0 Å². The minimum absolute atomic E-state index is 0.120. The van der Waals surface area contributed by atoms with Crippen LogP contribution in [0.25, 0.3) is 0 Å². The van der Waals surface area contributed by atoms with Crippen LogP contribution in [-0.2, 0) is 0 Å². The van der Waals surface area contributed by atoms with Gasteiger partial charge in [0.1, 0.15) is 0 Å². The molecule has 3 atom stereocenters.